The average molecular weight is 347 g/mol. The molecule has 1 aromatic carbocycles. The third kappa shape index (κ3) is 3.44. The van der Waals surface area contributed by atoms with Crippen molar-refractivity contribution >= 4 is 11.7 Å². The highest BCUT2D eigenvalue weighted by Crippen LogP contribution is 2.28. The van der Waals surface area contributed by atoms with E-state index >= 15 is 0 Å². The molecular weight excluding hydrogens is 326 g/mol. The number of pyridine rings is 1. The van der Waals surface area contributed by atoms with Crippen LogP contribution in [0.3, 0.4) is 0 Å². The minimum absolute atomic E-state index is 0.0471. The summed E-state index contributed by atoms with van der Waals surface area (Å²) in [6.45, 7) is 1.56. The largest absolute Gasteiger partial charge is 0.335 e. The molecule has 6 heteroatoms. The molecule has 2 amide bonds. The van der Waals surface area contributed by atoms with Crippen LogP contribution in [-0.4, -0.2) is 38.1 Å². The van der Waals surface area contributed by atoms with E-state index in [1.807, 2.05) is 52.1 Å². The third-order valence-electron chi connectivity index (χ3n) is 4.78. The maximum atomic E-state index is 12.9. The first-order valence-corrected chi connectivity index (χ1v) is 8.84. The number of nitrogens with zero attached hydrogens (tertiary/aromatic N) is 4. The molecule has 1 fully saturated rings. The smallest absolute Gasteiger partial charge is 0.322 e. The van der Waals surface area contributed by atoms with Crippen LogP contribution < -0.4 is 5.32 Å². The highest BCUT2D eigenvalue weighted by atomic mass is 16.2. The van der Waals surface area contributed by atoms with E-state index in [2.05, 4.69) is 15.3 Å². The lowest BCUT2D eigenvalue weighted by Crippen LogP contribution is -2.40. The second-order valence-corrected chi connectivity index (χ2v) is 6.46. The maximum absolute atomic E-state index is 12.9. The van der Waals surface area contributed by atoms with Gasteiger partial charge in [0, 0.05) is 43.4 Å². The summed E-state index contributed by atoms with van der Waals surface area (Å²) in [4.78, 5) is 23.0. The van der Waals surface area contributed by atoms with Gasteiger partial charge in [-0.05, 0) is 36.6 Å². The number of hydrogen-bond donors (Lipinski definition) is 1. The Balaban J connectivity index is 1.51. The van der Waals surface area contributed by atoms with Gasteiger partial charge in [0.1, 0.15) is 0 Å². The second-order valence-electron chi connectivity index (χ2n) is 6.46. The van der Waals surface area contributed by atoms with E-state index in [1.165, 1.54) is 0 Å². The van der Waals surface area contributed by atoms with Gasteiger partial charge >= 0.3 is 6.03 Å². The molecule has 3 heterocycles. The molecule has 1 N–H and O–H groups in total. The highest BCUT2D eigenvalue weighted by molar-refractivity contribution is 5.94. The van der Waals surface area contributed by atoms with E-state index in [1.54, 1.807) is 24.9 Å². The van der Waals surface area contributed by atoms with E-state index in [0.717, 1.165) is 42.7 Å². The second kappa shape index (κ2) is 7.39. The summed E-state index contributed by atoms with van der Waals surface area (Å²) in [5, 5.41) is 3.10. The standard InChI is InChI=1S/C20H21N5O/c26-20(25-12-3-4-17(25)14-24-13-11-22-15-24)23-19-6-2-1-5-18(19)16-7-9-21-10-8-16/h1-2,5-11,13,15,17H,3-4,12,14H2,(H,23,26)/t17-/m0/s1. The monoisotopic (exact) mass is 347 g/mol. The van der Waals surface area contributed by atoms with Crippen LogP contribution in [0, 0.1) is 0 Å². The van der Waals surface area contributed by atoms with Gasteiger partial charge in [0.15, 0.2) is 0 Å². The van der Waals surface area contributed by atoms with Gasteiger partial charge in [-0.3, -0.25) is 4.98 Å². The number of anilines is 1. The fourth-order valence-corrected chi connectivity index (χ4v) is 3.49. The van der Waals surface area contributed by atoms with Crippen LogP contribution in [0.4, 0.5) is 10.5 Å². The van der Waals surface area contributed by atoms with E-state index in [4.69, 9.17) is 0 Å². The fraction of sp³-hybridized carbons (Fsp3) is 0.250. The first kappa shape index (κ1) is 16.3. The SMILES string of the molecule is O=C(Nc1ccccc1-c1ccncc1)N1CCC[C@H]1Cn1ccnc1. The number of urea groups is 1. The number of carbonyl (C=O) groups is 1. The number of likely N-dealkylation sites (tertiary alicyclic amines) is 1. The van der Waals surface area contributed by atoms with E-state index < -0.39 is 0 Å². The Morgan fingerprint density at radius 2 is 1.96 bits per heavy atom. The van der Waals surface area contributed by atoms with Crippen molar-refractivity contribution in [2.24, 2.45) is 0 Å². The predicted octanol–water partition coefficient (Wildman–Crippen LogP) is 3.64. The highest BCUT2D eigenvalue weighted by Gasteiger charge is 2.29. The lowest BCUT2D eigenvalue weighted by Gasteiger charge is -2.26. The van der Waals surface area contributed by atoms with Crippen LogP contribution in [-0.2, 0) is 6.54 Å². The van der Waals surface area contributed by atoms with Crippen molar-refractivity contribution in [2.45, 2.75) is 25.4 Å². The fourth-order valence-electron chi connectivity index (χ4n) is 3.49. The molecule has 3 aromatic rings. The van der Waals surface area contributed by atoms with Crippen molar-refractivity contribution in [1.82, 2.24) is 19.4 Å². The summed E-state index contributed by atoms with van der Waals surface area (Å²) in [7, 11) is 0. The van der Waals surface area contributed by atoms with Gasteiger partial charge in [-0.1, -0.05) is 18.2 Å². The molecule has 1 saturated heterocycles. The molecule has 26 heavy (non-hydrogen) atoms. The molecule has 0 saturated carbocycles. The third-order valence-corrected chi connectivity index (χ3v) is 4.78. The zero-order valence-electron chi connectivity index (χ0n) is 14.5. The zero-order chi connectivity index (χ0) is 17.8. The molecule has 6 nitrogen and oxygen atoms in total. The molecular formula is C20H21N5O. The van der Waals surface area contributed by atoms with Gasteiger partial charge in [0.2, 0.25) is 0 Å². The van der Waals surface area contributed by atoms with E-state index in [-0.39, 0.29) is 12.1 Å². The molecule has 0 bridgehead atoms. The molecule has 0 spiro atoms. The number of aromatic nitrogens is 3. The van der Waals surface area contributed by atoms with Crippen molar-refractivity contribution in [3.05, 3.63) is 67.5 Å². The quantitative estimate of drug-likeness (QED) is 0.784. The molecule has 132 valence electrons. The molecule has 1 atom stereocenters. The molecule has 1 aliphatic heterocycles. The van der Waals surface area contributed by atoms with Crippen molar-refractivity contribution in [2.75, 3.05) is 11.9 Å². The molecule has 4 rings (SSSR count). The Morgan fingerprint density at radius 1 is 1.12 bits per heavy atom. The van der Waals surface area contributed by atoms with Crippen LogP contribution in [0.15, 0.2) is 67.5 Å². The number of rotatable bonds is 4. The lowest BCUT2D eigenvalue weighted by atomic mass is 10.1. The van der Waals surface area contributed by atoms with Crippen molar-refractivity contribution < 1.29 is 4.79 Å². The van der Waals surface area contributed by atoms with Crippen LogP contribution in [0.5, 0.6) is 0 Å². The number of hydrogen-bond acceptors (Lipinski definition) is 3. The van der Waals surface area contributed by atoms with E-state index in [0.29, 0.717) is 0 Å². The van der Waals surface area contributed by atoms with Crippen molar-refractivity contribution in [3.8, 4) is 11.1 Å². The topological polar surface area (TPSA) is 63.1 Å². The Morgan fingerprint density at radius 3 is 2.77 bits per heavy atom. The minimum Gasteiger partial charge on any atom is -0.335 e. The number of nitrogens with one attached hydrogen (secondary N) is 1. The van der Waals surface area contributed by atoms with Gasteiger partial charge in [-0.15, -0.1) is 0 Å². The molecule has 0 unspecified atom stereocenters. The van der Waals surface area contributed by atoms with Crippen LogP contribution in [0.2, 0.25) is 0 Å². The van der Waals surface area contributed by atoms with Crippen molar-refractivity contribution in [3.63, 3.8) is 0 Å². The zero-order valence-corrected chi connectivity index (χ0v) is 14.5. The van der Waals surface area contributed by atoms with Crippen LogP contribution >= 0.6 is 0 Å². The Hall–Kier alpha value is -3.15. The van der Waals surface area contributed by atoms with Crippen LogP contribution in [0.25, 0.3) is 11.1 Å². The Labute approximate surface area is 152 Å². The first-order chi connectivity index (χ1) is 12.8. The maximum Gasteiger partial charge on any atom is 0.322 e. The molecule has 2 aromatic heterocycles. The van der Waals surface area contributed by atoms with Crippen molar-refractivity contribution in [1.29, 1.82) is 0 Å². The van der Waals surface area contributed by atoms with Gasteiger partial charge in [0.05, 0.1) is 18.1 Å². The summed E-state index contributed by atoms with van der Waals surface area (Å²) in [5.41, 5.74) is 2.85. The number of benzene rings is 1. The normalized spacial score (nSPS) is 16.6. The number of imidazole rings is 1. The summed E-state index contributed by atoms with van der Waals surface area (Å²) in [6.07, 6.45) is 11.1. The molecule has 0 radical (unpaired) electrons. The number of para-hydroxylation sites is 1. The van der Waals surface area contributed by atoms with Gasteiger partial charge in [-0.2, -0.15) is 0 Å². The van der Waals surface area contributed by atoms with Gasteiger partial charge in [-0.25, -0.2) is 9.78 Å². The number of carbonyl (C=O) groups excluding carboxylic acids is 1. The van der Waals surface area contributed by atoms with Gasteiger partial charge in [0.25, 0.3) is 0 Å². The summed E-state index contributed by atoms with van der Waals surface area (Å²) in [6, 6.07) is 11.9. The molecule has 1 aliphatic rings. The van der Waals surface area contributed by atoms with Gasteiger partial charge < -0.3 is 14.8 Å². The average Bonchev–Trinajstić information content (AvgIpc) is 3.35. The number of amides is 2. The first-order valence-electron chi connectivity index (χ1n) is 8.84. The van der Waals surface area contributed by atoms with E-state index in [9.17, 15) is 4.79 Å². The minimum atomic E-state index is -0.0471. The lowest BCUT2D eigenvalue weighted by molar-refractivity contribution is 0.201. The summed E-state index contributed by atoms with van der Waals surface area (Å²) < 4.78 is 2.03. The summed E-state index contributed by atoms with van der Waals surface area (Å²) >= 11 is 0. The summed E-state index contributed by atoms with van der Waals surface area (Å²) in [5.74, 6) is 0. The predicted molar refractivity (Wildman–Crippen MR) is 101 cm³/mol. The Bertz CT molecular complexity index is 863. The molecule has 0 aliphatic carbocycles. The van der Waals surface area contributed by atoms with Crippen LogP contribution in [0.1, 0.15) is 12.8 Å². The Kier molecular flexibility index (Phi) is 4.64.